The molecule has 1 atom stereocenters. The van der Waals surface area contributed by atoms with Crippen molar-refractivity contribution in [2.24, 2.45) is 0 Å². The van der Waals surface area contributed by atoms with Crippen LogP contribution in [0.3, 0.4) is 0 Å². The summed E-state index contributed by atoms with van der Waals surface area (Å²) in [6.45, 7) is 3.75. The molecule has 0 fully saturated rings. The van der Waals surface area contributed by atoms with Gasteiger partial charge in [-0.2, -0.15) is 0 Å². The molecule has 0 saturated heterocycles. The lowest BCUT2D eigenvalue weighted by molar-refractivity contribution is -0.140. The standard InChI is InChI=1S/C35H38FN3O4S/c1-3-4-23-37-35(41)33(24-28-13-7-5-8-14-28)38(25-29-21-19-27(2)20-22-29)34(40)26-39(32-18-12-11-17-31(32)36)44(42,43)30-15-9-6-10-16-30/h5-22,33H,3-4,23-26H2,1-2H3,(H,37,41)/t33-/m0/s1. The van der Waals surface area contributed by atoms with Crippen LogP contribution in [0.1, 0.15) is 36.5 Å². The van der Waals surface area contributed by atoms with Gasteiger partial charge in [0, 0.05) is 19.5 Å². The predicted octanol–water partition coefficient (Wildman–Crippen LogP) is 5.89. The minimum Gasteiger partial charge on any atom is -0.354 e. The summed E-state index contributed by atoms with van der Waals surface area (Å²) in [6.07, 6.45) is 1.86. The minimum atomic E-state index is -4.36. The van der Waals surface area contributed by atoms with E-state index in [2.05, 4.69) is 5.32 Å². The number of amides is 2. The third kappa shape index (κ3) is 8.32. The van der Waals surface area contributed by atoms with Crippen LogP contribution in [-0.4, -0.2) is 44.3 Å². The lowest BCUT2D eigenvalue weighted by Gasteiger charge is -2.34. The van der Waals surface area contributed by atoms with Crippen LogP contribution in [0, 0.1) is 12.7 Å². The molecule has 0 radical (unpaired) electrons. The molecule has 2 amide bonds. The van der Waals surface area contributed by atoms with Crippen LogP contribution >= 0.6 is 0 Å². The summed E-state index contributed by atoms with van der Waals surface area (Å²) in [5, 5.41) is 2.96. The van der Waals surface area contributed by atoms with E-state index in [9.17, 15) is 18.0 Å². The average Bonchev–Trinajstić information content (AvgIpc) is 3.03. The lowest BCUT2D eigenvalue weighted by atomic mass is 10.0. The van der Waals surface area contributed by atoms with Crippen LogP contribution in [0.2, 0.25) is 0 Å². The number of anilines is 1. The summed E-state index contributed by atoms with van der Waals surface area (Å²) in [7, 11) is -4.36. The van der Waals surface area contributed by atoms with Gasteiger partial charge in [0.15, 0.2) is 0 Å². The molecule has 0 aliphatic heterocycles. The first-order chi connectivity index (χ1) is 21.2. The zero-order chi connectivity index (χ0) is 31.5. The highest BCUT2D eigenvalue weighted by atomic mass is 32.2. The van der Waals surface area contributed by atoms with E-state index in [0.29, 0.717) is 6.54 Å². The molecule has 0 unspecified atom stereocenters. The molecule has 4 rings (SSSR count). The van der Waals surface area contributed by atoms with E-state index in [1.165, 1.54) is 35.2 Å². The SMILES string of the molecule is CCCCNC(=O)[C@H](Cc1ccccc1)N(Cc1ccc(C)cc1)C(=O)CN(c1ccccc1F)S(=O)(=O)c1ccccc1. The molecule has 0 bridgehead atoms. The topological polar surface area (TPSA) is 86.8 Å². The first-order valence-corrected chi connectivity index (χ1v) is 16.1. The second kappa shape index (κ2) is 15.3. The fraction of sp³-hybridized carbons (Fsp3) is 0.257. The fourth-order valence-electron chi connectivity index (χ4n) is 4.84. The van der Waals surface area contributed by atoms with Gasteiger partial charge in [-0.25, -0.2) is 12.8 Å². The lowest BCUT2D eigenvalue weighted by Crippen LogP contribution is -2.53. The van der Waals surface area contributed by atoms with Gasteiger partial charge in [0.25, 0.3) is 10.0 Å². The van der Waals surface area contributed by atoms with Gasteiger partial charge in [0.05, 0.1) is 10.6 Å². The molecular weight excluding hydrogens is 577 g/mol. The van der Waals surface area contributed by atoms with Crippen molar-refractivity contribution in [2.45, 2.75) is 50.6 Å². The van der Waals surface area contributed by atoms with Gasteiger partial charge in [0.2, 0.25) is 11.8 Å². The summed E-state index contributed by atoms with van der Waals surface area (Å²) in [4.78, 5) is 29.4. The van der Waals surface area contributed by atoms with Gasteiger partial charge in [0.1, 0.15) is 18.4 Å². The zero-order valence-electron chi connectivity index (χ0n) is 25.0. The molecular formula is C35H38FN3O4S. The van der Waals surface area contributed by atoms with Crippen molar-refractivity contribution in [2.75, 3.05) is 17.4 Å². The first kappa shape index (κ1) is 32.4. The van der Waals surface area contributed by atoms with Gasteiger partial charge in [-0.05, 0) is 48.7 Å². The van der Waals surface area contributed by atoms with Crippen molar-refractivity contribution in [1.82, 2.24) is 10.2 Å². The van der Waals surface area contributed by atoms with Crippen molar-refractivity contribution in [3.8, 4) is 0 Å². The number of benzene rings is 4. The Morgan fingerprint density at radius 1 is 0.818 bits per heavy atom. The normalized spacial score (nSPS) is 11.9. The summed E-state index contributed by atoms with van der Waals surface area (Å²) in [5.74, 6) is -1.77. The fourth-order valence-corrected chi connectivity index (χ4v) is 6.28. The number of sulfonamides is 1. The minimum absolute atomic E-state index is 0.0499. The molecule has 0 spiro atoms. The molecule has 1 N–H and O–H groups in total. The average molecular weight is 616 g/mol. The molecule has 44 heavy (non-hydrogen) atoms. The van der Waals surface area contributed by atoms with E-state index in [-0.39, 0.29) is 29.5 Å². The summed E-state index contributed by atoms with van der Waals surface area (Å²) >= 11 is 0. The third-order valence-corrected chi connectivity index (χ3v) is 9.08. The van der Waals surface area contributed by atoms with Crippen molar-refractivity contribution in [1.29, 1.82) is 0 Å². The highest BCUT2D eigenvalue weighted by Crippen LogP contribution is 2.27. The monoisotopic (exact) mass is 615 g/mol. The van der Waals surface area contributed by atoms with Crippen molar-refractivity contribution >= 4 is 27.5 Å². The van der Waals surface area contributed by atoms with Gasteiger partial charge in [-0.15, -0.1) is 0 Å². The van der Waals surface area contributed by atoms with E-state index in [4.69, 9.17) is 0 Å². The number of aryl methyl sites for hydroxylation is 1. The van der Waals surface area contributed by atoms with Gasteiger partial charge in [-0.3, -0.25) is 13.9 Å². The molecule has 4 aromatic carbocycles. The highest BCUT2D eigenvalue weighted by molar-refractivity contribution is 7.92. The Morgan fingerprint density at radius 3 is 2.07 bits per heavy atom. The molecule has 7 nitrogen and oxygen atoms in total. The van der Waals surface area contributed by atoms with Gasteiger partial charge >= 0.3 is 0 Å². The third-order valence-electron chi connectivity index (χ3n) is 7.31. The molecule has 0 aromatic heterocycles. The maximum Gasteiger partial charge on any atom is 0.264 e. The van der Waals surface area contributed by atoms with Crippen LogP contribution in [0.25, 0.3) is 0 Å². The molecule has 4 aromatic rings. The quantitative estimate of drug-likeness (QED) is 0.179. The largest absolute Gasteiger partial charge is 0.354 e. The van der Waals surface area contributed by atoms with E-state index in [0.717, 1.165) is 39.9 Å². The van der Waals surface area contributed by atoms with Crippen LogP contribution in [0.15, 0.2) is 114 Å². The highest BCUT2D eigenvalue weighted by Gasteiger charge is 2.35. The Hall–Kier alpha value is -4.50. The van der Waals surface area contributed by atoms with E-state index < -0.39 is 34.3 Å². The maximum atomic E-state index is 15.2. The molecule has 0 aliphatic rings. The van der Waals surface area contributed by atoms with E-state index >= 15 is 4.39 Å². The van der Waals surface area contributed by atoms with Crippen molar-refractivity contribution < 1.29 is 22.4 Å². The van der Waals surface area contributed by atoms with E-state index in [1.807, 2.05) is 68.4 Å². The number of carbonyl (C=O) groups excluding carboxylic acids is 2. The maximum absolute atomic E-state index is 15.2. The molecule has 0 saturated carbocycles. The number of hydrogen-bond donors (Lipinski definition) is 1. The number of rotatable bonds is 14. The molecule has 0 aliphatic carbocycles. The number of nitrogens with zero attached hydrogens (tertiary/aromatic N) is 2. The zero-order valence-corrected chi connectivity index (χ0v) is 25.8. The molecule has 230 valence electrons. The predicted molar refractivity (Wildman–Crippen MR) is 171 cm³/mol. The Bertz CT molecular complexity index is 1630. The number of unbranched alkanes of at least 4 members (excludes halogenated alkanes) is 1. The first-order valence-electron chi connectivity index (χ1n) is 14.7. The Labute approximate surface area is 259 Å². The Balaban J connectivity index is 1.78. The summed E-state index contributed by atoms with van der Waals surface area (Å²) in [6, 6.07) is 29.0. The summed E-state index contributed by atoms with van der Waals surface area (Å²) < 4.78 is 43.8. The smallest absolute Gasteiger partial charge is 0.264 e. The second-order valence-corrected chi connectivity index (χ2v) is 12.5. The Kier molecular flexibility index (Phi) is 11.3. The van der Waals surface area contributed by atoms with Crippen LogP contribution in [0.5, 0.6) is 0 Å². The van der Waals surface area contributed by atoms with E-state index in [1.54, 1.807) is 18.2 Å². The van der Waals surface area contributed by atoms with Crippen molar-refractivity contribution in [3.05, 3.63) is 132 Å². The van der Waals surface area contributed by atoms with Gasteiger partial charge < -0.3 is 10.2 Å². The van der Waals surface area contributed by atoms with Crippen LogP contribution < -0.4 is 9.62 Å². The number of hydrogen-bond acceptors (Lipinski definition) is 4. The second-order valence-electron chi connectivity index (χ2n) is 10.6. The number of nitrogens with one attached hydrogen (secondary N) is 1. The number of para-hydroxylation sites is 1. The summed E-state index contributed by atoms with van der Waals surface area (Å²) in [5.41, 5.74) is 2.39. The Morgan fingerprint density at radius 2 is 1.43 bits per heavy atom. The molecule has 0 heterocycles. The molecule has 9 heteroatoms. The van der Waals surface area contributed by atoms with Crippen molar-refractivity contribution in [3.63, 3.8) is 0 Å². The number of halogens is 1. The number of carbonyl (C=O) groups is 2. The van der Waals surface area contributed by atoms with Crippen LogP contribution in [0.4, 0.5) is 10.1 Å². The van der Waals surface area contributed by atoms with Gasteiger partial charge in [-0.1, -0.05) is 104 Å². The van der Waals surface area contributed by atoms with Crippen LogP contribution in [-0.2, 0) is 32.6 Å².